The summed E-state index contributed by atoms with van der Waals surface area (Å²) in [6, 6.07) is 19.3. The molecule has 4 rings (SSSR count). The van der Waals surface area contributed by atoms with Gasteiger partial charge in [0.1, 0.15) is 23.9 Å². The van der Waals surface area contributed by atoms with E-state index in [0.717, 1.165) is 17.5 Å². The van der Waals surface area contributed by atoms with E-state index in [1.807, 2.05) is 88.5 Å². The molecule has 2 aromatic carbocycles. The first-order valence-electron chi connectivity index (χ1n) is 11.4. The van der Waals surface area contributed by atoms with E-state index in [4.69, 9.17) is 9.29 Å². The van der Waals surface area contributed by atoms with Gasteiger partial charge in [0.15, 0.2) is 7.29 Å². The molecular formula is C25H29N3O5PS+. The predicted molar refractivity (Wildman–Crippen MR) is 136 cm³/mol. The average molecular weight is 515 g/mol. The standard InChI is InChI=1S/C25H28N3O5PS/c29-34(26-13-7-14-27-16-17-28(21-27)15-8-18-35(30,31)32)19-24(22-9-3-1-4-10-22)33-25(20-34)23-11-5-2-6-12-23/h1-6,9-12,16-17,19-21H,7-8,13-15,18H2,(H-,26,29,30,31,32)/p+1. The fourth-order valence-corrected chi connectivity index (χ4v) is 6.13. The van der Waals surface area contributed by atoms with Gasteiger partial charge in [-0.05, 0) is 6.42 Å². The molecule has 0 aliphatic carbocycles. The van der Waals surface area contributed by atoms with Crippen molar-refractivity contribution in [3.05, 3.63) is 102 Å². The van der Waals surface area contributed by atoms with E-state index < -0.39 is 17.4 Å². The molecule has 1 aliphatic rings. The average Bonchev–Trinajstić information content (AvgIpc) is 3.29. The van der Waals surface area contributed by atoms with Crippen LogP contribution in [0.3, 0.4) is 0 Å². The molecular weight excluding hydrogens is 485 g/mol. The monoisotopic (exact) mass is 514 g/mol. The van der Waals surface area contributed by atoms with Gasteiger partial charge >= 0.3 is 0 Å². The number of hydrogen-bond acceptors (Lipinski definition) is 4. The number of imidazole rings is 1. The van der Waals surface area contributed by atoms with Gasteiger partial charge in [0.2, 0.25) is 6.33 Å². The van der Waals surface area contributed by atoms with Crippen LogP contribution >= 0.6 is 7.29 Å². The maximum absolute atomic E-state index is 13.8. The minimum Gasteiger partial charge on any atom is -0.456 e. The van der Waals surface area contributed by atoms with Crippen molar-refractivity contribution < 1.29 is 26.8 Å². The van der Waals surface area contributed by atoms with Crippen LogP contribution < -0.4 is 9.65 Å². The quantitative estimate of drug-likeness (QED) is 0.171. The summed E-state index contributed by atoms with van der Waals surface area (Å²) in [4.78, 5) is 0. The van der Waals surface area contributed by atoms with Gasteiger partial charge in [0.25, 0.3) is 10.1 Å². The van der Waals surface area contributed by atoms with E-state index >= 15 is 0 Å². The largest absolute Gasteiger partial charge is 0.456 e. The van der Waals surface area contributed by atoms with Crippen molar-refractivity contribution in [3.63, 3.8) is 0 Å². The zero-order chi connectivity index (χ0) is 24.7. The van der Waals surface area contributed by atoms with Crippen LogP contribution in [0.5, 0.6) is 0 Å². The van der Waals surface area contributed by atoms with Gasteiger partial charge in [-0.3, -0.25) is 14.2 Å². The summed E-state index contributed by atoms with van der Waals surface area (Å²) < 4.78 is 54.4. The summed E-state index contributed by atoms with van der Waals surface area (Å²) in [5, 5.41) is 3.23. The maximum Gasteiger partial charge on any atom is 0.265 e. The lowest BCUT2D eigenvalue weighted by atomic mass is 10.2. The lowest BCUT2D eigenvalue weighted by Crippen LogP contribution is -2.32. The van der Waals surface area contributed by atoms with Crippen LogP contribution in [0.4, 0.5) is 0 Å². The summed E-state index contributed by atoms with van der Waals surface area (Å²) in [6.07, 6.45) is 6.74. The topological polar surface area (TPSA) is 102 Å². The Morgan fingerprint density at radius 2 is 1.54 bits per heavy atom. The van der Waals surface area contributed by atoms with E-state index in [0.29, 0.717) is 37.6 Å². The van der Waals surface area contributed by atoms with E-state index in [1.165, 1.54) is 0 Å². The second kappa shape index (κ2) is 11.2. The van der Waals surface area contributed by atoms with Crippen LogP contribution in [0.1, 0.15) is 24.0 Å². The Bertz CT molecular complexity index is 1290. The molecule has 1 aliphatic heterocycles. The van der Waals surface area contributed by atoms with Crippen molar-refractivity contribution in [1.82, 2.24) is 9.65 Å². The molecule has 0 bridgehead atoms. The number of nitrogens with zero attached hydrogens (tertiary/aromatic N) is 2. The SMILES string of the molecule is O=P1(NCCCn2cc[n+](CCCS(=O)(=O)O)c2)C=C(c2ccccc2)OC(c2ccccc2)=C1. The fraction of sp³-hybridized carbons (Fsp3) is 0.240. The lowest BCUT2D eigenvalue weighted by Gasteiger charge is -2.23. The molecule has 0 spiro atoms. The van der Waals surface area contributed by atoms with Gasteiger partial charge in [-0.1, -0.05) is 60.7 Å². The Kier molecular flexibility index (Phi) is 8.03. The van der Waals surface area contributed by atoms with Crippen LogP contribution in [-0.2, 0) is 32.5 Å². The highest BCUT2D eigenvalue weighted by atomic mass is 32.2. The number of rotatable bonds is 11. The van der Waals surface area contributed by atoms with Crippen LogP contribution in [0.2, 0.25) is 0 Å². The molecule has 2 heterocycles. The maximum atomic E-state index is 13.8. The molecule has 0 saturated heterocycles. The second-order valence-corrected chi connectivity index (χ2v) is 12.1. The molecule has 0 atom stereocenters. The minimum atomic E-state index is -3.94. The summed E-state index contributed by atoms with van der Waals surface area (Å²) in [5.74, 6) is 4.25. The third kappa shape index (κ3) is 7.50. The molecule has 2 N–H and O–H groups in total. The number of nitrogens with one attached hydrogen (secondary N) is 1. The first-order chi connectivity index (χ1) is 16.8. The van der Waals surface area contributed by atoms with Gasteiger partial charge in [-0.25, -0.2) is 9.13 Å². The zero-order valence-electron chi connectivity index (χ0n) is 19.2. The first-order valence-corrected chi connectivity index (χ1v) is 14.8. The number of hydrogen-bond donors (Lipinski definition) is 2. The molecule has 3 aromatic rings. The van der Waals surface area contributed by atoms with Crippen LogP contribution in [0, 0.1) is 0 Å². The lowest BCUT2D eigenvalue weighted by molar-refractivity contribution is -0.696. The van der Waals surface area contributed by atoms with Crippen LogP contribution in [0.15, 0.2) is 91.0 Å². The van der Waals surface area contributed by atoms with Gasteiger partial charge in [-0.2, -0.15) is 8.42 Å². The van der Waals surface area contributed by atoms with Crippen molar-refractivity contribution in [2.75, 3.05) is 12.3 Å². The molecule has 0 fully saturated rings. The molecule has 10 heteroatoms. The van der Waals surface area contributed by atoms with Crippen molar-refractivity contribution in [3.8, 4) is 0 Å². The molecule has 35 heavy (non-hydrogen) atoms. The molecule has 0 amide bonds. The number of aryl methyl sites for hydroxylation is 2. The first kappa shape index (κ1) is 25.1. The van der Waals surface area contributed by atoms with Crippen molar-refractivity contribution in [1.29, 1.82) is 0 Å². The van der Waals surface area contributed by atoms with E-state index in [1.54, 1.807) is 11.6 Å². The van der Waals surface area contributed by atoms with Crippen LogP contribution in [0.25, 0.3) is 11.5 Å². The number of benzene rings is 2. The zero-order valence-corrected chi connectivity index (χ0v) is 20.9. The smallest absolute Gasteiger partial charge is 0.265 e. The highest BCUT2D eigenvalue weighted by molar-refractivity contribution is 7.85. The summed E-state index contributed by atoms with van der Waals surface area (Å²) >= 11 is 0. The van der Waals surface area contributed by atoms with Gasteiger partial charge in [0.05, 0.1) is 18.8 Å². The van der Waals surface area contributed by atoms with E-state index in [2.05, 4.69) is 5.09 Å². The molecule has 1 aromatic heterocycles. The Hall–Kier alpha value is -2.97. The molecule has 0 unspecified atom stereocenters. The van der Waals surface area contributed by atoms with Crippen molar-refractivity contribution in [2.45, 2.75) is 25.9 Å². The highest BCUT2D eigenvalue weighted by Crippen LogP contribution is 2.53. The third-order valence-corrected chi connectivity index (χ3v) is 8.23. The fourth-order valence-electron chi connectivity index (χ4n) is 3.77. The Morgan fingerprint density at radius 3 is 2.11 bits per heavy atom. The Balaban J connectivity index is 1.39. The van der Waals surface area contributed by atoms with Crippen molar-refractivity contribution >= 4 is 28.9 Å². The molecule has 0 radical (unpaired) electrons. The molecule has 0 saturated carbocycles. The second-order valence-electron chi connectivity index (χ2n) is 8.32. The van der Waals surface area contributed by atoms with Crippen molar-refractivity contribution in [2.24, 2.45) is 0 Å². The molecule has 8 nitrogen and oxygen atoms in total. The van der Waals surface area contributed by atoms with Crippen LogP contribution in [-0.4, -0.2) is 29.8 Å². The minimum absolute atomic E-state index is 0.259. The molecule has 184 valence electrons. The van der Waals surface area contributed by atoms with Gasteiger partial charge in [0, 0.05) is 35.7 Å². The number of ether oxygens (including phenoxy) is 1. The van der Waals surface area contributed by atoms with E-state index in [-0.39, 0.29) is 5.75 Å². The summed E-state index contributed by atoms with van der Waals surface area (Å²) in [7, 11) is -6.94. The Morgan fingerprint density at radius 1 is 0.943 bits per heavy atom. The van der Waals surface area contributed by atoms with Gasteiger partial charge in [-0.15, -0.1) is 0 Å². The summed E-state index contributed by atoms with van der Waals surface area (Å²) in [6.45, 7) is 1.75. The highest BCUT2D eigenvalue weighted by Gasteiger charge is 2.26. The normalized spacial score (nSPS) is 15.2. The van der Waals surface area contributed by atoms with E-state index in [9.17, 15) is 13.0 Å². The summed E-state index contributed by atoms with van der Waals surface area (Å²) in [5.41, 5.74) is 1.73. The Labute approximate surface area is 205 Å². The van der Waals surface area contributed by atoms with Gasteiger partial charge < -0.3 is 4.74 Å². The third-order valence-electron chi connectivity index (χ3n) is 5.47. The number of aromatic nitrogens is 2. The predicted octanol–water partition coefficient (Wildman–Crippen LogP) is 4.34.